The van der Waals surface area contributed by atoms with E-state index in [0.29, 0.717) is 12.5 Å². The number of carbonyl (C=O) groups is 1. The van der Waals surface area contributed by atoms with Gasteiger partial charge in [0.25, 0.3) is 0 Å². The van der Waals surface area contributed by atoms with Crippen molar-refractivity contribution in [1.82, 2.24) is 0 Å². The summed E-state index contributed by atoms with van der Waals surface area (Å²) in [7, 11) is 0. The fourth-order valence-electron chi connectivity index (χ4n) is 3.80. The van der Waals surface area contributed by atoms with Crippen molar-refractivity contribution in [2.24, 2.45) is 0 Å². The van der Waals surface area contributed by atoms with Crippen LogP contribution in [0.15, 0.2) is 24.3 Å². The van der Waals surface area contributed by atoms with Gasteiger partial charge < -0.3 is 0 Å². The molecule has 0 atom stereocenters. The highest BCUT2D eigenvalue weighted by atomic mass is 16.1. The lowest BCUT2D eigenvalue weighted by Crippen LogP contribution is -2.43. The van der Waals surface area contributed by atoms with E-state index in [0.717, 1.165) is 19.2 Å². The summed E-state index contributed by atoms with van der Waals surface area (Å²) in [5.41, 5.74) is 2.44. The maximum absolute atomic E-state index is 12.8. The number of hydrogen-bond donors (Lipinski definition) is 0. The van der Waals surface area contributed by atoms with Crippen molar-refractivity contribution >= 4 is 12.5 Å². The molecule has 1 aliphatic carbocycles. The lowest BCUT2D eigenvalue weighted by molar-refractivity contribution is -0.125. The molecule has 2 fully saturated rings. The van der Waals surface area contributed by atoms with Crippen molar-refractivity contribution in [2.75, 3.05) is 0 Å². The molecule has 1 aromatic carbocycles. The Labute approximate surface area is 116 Å². The molecule has 1 saturated heterocycles. The molecule has 0 aromatic heterocycles. The second-order valence-electron chi connectivity index (χ2n) is 6.58. The van der Waals surface area contributed by atoms with Crippen molar-refractivity contribution in [3.05, 3.63) is 35.4 Å². The van der Waals surface area contributed by atoms with Crippen LogP contribution in [0.2, 0.25) is 19.0 Å². The average Bonchev–Trinajstić information content (AvgIpc) is 2.83. The van der Waals surface area contributed by atoms with Gasteiger partial charge in [0, 0.05) is 0 Å². The summed E-state index contributed by atoms with van der Waals surface area (Å²) < 4.78 is 0. The van der Waals surface area contributed by atoms with E-state index in [2.05, 4.69) is 31.2 Å². The lowest BCUT2D eigenvalue weighted by atomic mass is 9.43. The number of rotatable bonds is 4. The molecule has 0 bridgehead atoms. The molecule has 2 aliphatic rings. The predicted octanol–water partition coefficient (Wildman–Crippen LogP) is 4.27. The summed E-state index contributed by atoms with van der Waals surface area (Å²) in [5, 5.41) is 0. The van der Waals surface area contributed by atoms with Crippen LogP contribution < -0.4 is 0 Å². The van der Waals surface area contributed by atoms with Crippen LogP contribution in [0.25, 0.3) is 0 Å². The monoisotopic (exact) mass is 254 g/mol. The SMILES string of the molecule is Cc1ccc(C2(C(=O)CB3CCCC3)CCC2)cc1. The van der Waals surface area contributed by atoms with Gasteiger partial charge in [-0.05, 0) is 31.6 Å². The van der Waals surface area contributed by atoms with Gasteiger partial charge in [0.15, 0.2) is 0 Å². The first-order chi connectivity index (χ1) is 9.21. The topological polar surface area (TPSA) is 17.1 Å². The van der Waals surface area contributed by atoms with Crippen molar-refractivity contribution in [3.8, 4) is 0 Å². The highest BCUT2D eigenvalue weighted by Gasteiger charge is 2.45. The second-order valence-corrected chi connectivity index (χ2v) is 6.58. The standard InChI is InChI=1S/C17H23BO/c1-14-5-7-15(8-6-14)17(9-4-10-17)16(19)13-18-11-2-3-12-18/h5-8H,2-4,9-13H2,1H3. The summed E-state index contributed by atoms with van der Waals surface area (Å²) in [6, 6.07) is 8.67. The smallest absolute Gasteiger partial charge is 0.148 e. The van der Waals surface area contributed by atoms with E-state index in [-0.39, 0.29) is 5.41 Å². The van der Waals surface area contributed by atoms with Crippen LogP contribution in [0.1, 0.15) is 43.2 Å². The lowest BCUT2D eigenvalue weighted by Gasteiger charge is -2.41. The number of Topliss-reactive ketones (excluding diaryl/α,β-unsaturated/α-hetero) is 1. The molecule has 100 valence electrons. The third-order valence-electron chi connectivity index (χ3n) is 5.29. The van der Waals surface area contributed by atoms with Gasteiger partial charge in [-0.3, -0.25) is 4.79 Å². The Kier molecular flexibility index (Phi) is 3.51. The van der Waals surface area contributed by atoms with E-state index < -0.39 is 0 Å². The third kappa shape index (κ3) is 2.38. The predicted molar refractivity (Wildman–Crippen MR) is 81.1 cm³/mol. The maximum atomic E-state index is 12.8. The van der Waals surface area contributed by atoms with Crippen molar-refractivity contribution in [2.45, 2.75) is 63.4 Å². The van der Waals surface area contributed by atoms with Crippen LogP contribution in [0, 0.1) is 6.92 Å². The minimum Gasteiger partial charge on any atom is -0.299 e. The van der Waals surface area contributed by atoms with Crippen LogP contribution >= 0.6 is 0 Å². The molecule has 2 heteroatoms. The molecule has 1 aliphatic heterocycles. The zero-order valence-electron chi connectivity index (χ0n) is 12.0. The normalized spacial score (nSPS) is 21.2. The fourth-order valence-corrected chi connectivity index (χ4v) is 3.80. The molecule has 0 N–H and O–H groups in total. The molecule has 0 amide bonds. The Bertz CT molecular complexity index is 453. The minimum absolute atomic E-state index is 0.115. The van der Waals surface area contributed by atoms with Gasteiger partial charge in [-0.2, -0.15) is 0 Å². The number of aryl methyl sites for hydroxylation is 1. The molecule has 0 unspecified atom stereocenters. The Morgan fingerprint density at radius 2 is 1.74 bits per heavy atom. The van der Waals surface area contributed by atoms with E-state index in [1.165, 1.54) is 43.0 Å². The number of benzene rings is 1. The van der Waals surface area contributed by atoms with E-state index in [1.54, 1.807) is 0 Å². The Balaban J connectivity index is 1.78. The van der Waals surface area contributed by atoms with E-state index in [1.807, 2.05) is 0 Å². The fraction of sp³-hybridized carbons (Fsp3) is 0.588. The van der Waals surface area contributed by atoms with Gasteiger partial charge in [-0.1, -0.05) is 61.7 Å². The molecule has 3 rings (SSSR count). The zero-order valence-corrected chi connectivity index (χ0v) is 12.0. The van der Waals surface area contributed by atoms with Crippen LogP contribution in [0.4, 0.5) is 0 Å². The largest absolute Gasteiger partial charge is 0.299 e. The summed E-state index contributed by atoms with van der Waals surface area (Å²) in [5.74, 6) is 0.523. The molecule has 19 heavy (non-hydrogen) atoms. The van der Waals surface area contributed by atoms with Gasteiger partial charge in [0.2, 0.25) is 0 Å². The summed E-state index contributed by atoms with van der Waals surface area (Å²) >= 11 is 0. The first kappa shape index (κ1) is 13.0. The van der Waals surface area contributed by atoms with Crippen LogP contribution in [-0.2, 0) is 10.2 Å². The average molecular weight is 254 g/mol. The number of hydrogen-bond acceptors (Lipinski definition) is 1. The molecular formula is C17H23BO. The summed E-state index contributed by atoms with van der Waals surface area (Å²) in [6.45, 7) is 2.79. The van der Waals surface area contributed by atoms with Gasteiger partial charge >= 0.3 is 0 Å². The number of ketones is 1. The van der Waals surface area contributed by atoms with E-state index in [4.69, 9.17) is 0 Å². The summed E-state index contributed by atoms with van der Waals surface area (Å²) in [6.07, 6.45) is 9.39. The quantitative estimate of drug-likeness (QED) is 0.733. The van der Waals surface area contributed by atoms with Gasteiger partial charge in [-0.25, -0.2) is 0 Å². The Hall–Kier alpha value is -1.05. The van der Waals surface area contributed by atoms with Crippen molar-refractivity contribution in [1.29, 1.82) is 0 Å². The molecule has 1 heterocycles. The molecule has 0 radical (unpaired) electrons. The first-order valence-electron chi connectivity index (χ1n) is 7.81. The van der Waals surface area contributed by atoms with Gasteiger partial charge in [0.05, 0.1) is 5.41 Å². The van der Waals surface area contributed by atoms with Gasteiger partial charge in [-0.15, -0.1) is 0 Å². The van der Waals surface area contributed by atoms with Crippen LogP contribution in [-0.4, -0.2) is 12.5 Å². The highest BCUT2D eigenvalue weighted by molar-refractivity contribution is 6.63. The third-order valence-corrected chi connectivity index (χ3v) is 5.29. The molecule has 1 saturated carbocycles. The molecule has 0 spiro atoms. The first-order valence-corrected chi connectivity index (χ1v) is 7.81. The zero-order chi connectivity index (χ0) is 13.3. The second kappa shape index (κ2) is 5.15. The van der Waals surface area contributed by atoms with E-state index in [9.17, 15) is 4.79 Å². The molecule has 1 nitrogen and oxygen atoms in total. The van der Waals surface area contributed by atoms with Crippen molar-refractivity contribution < 1.29 is 4.79 Å². The van der Waals surface area contributed by atoms with Crippen LogP contribution in [0.5, 0.6) is 0 Å². The summed E-state index contributed by atoms with van der Waals surface area (Å²) in [4.78, 5) is 12.8. The van der Waals surface area contributed by atoms with Gasteiger partial charge in [0.1, 0.15) is 12.5 Å². The Morgan fingerprint density at radius 3 is 2.26 bits per heavy atom. The van der Waals surface area contributed by atoms with E-state index >= 15 is 0 Å². The van der Waals surface area contributed by atoms with Crippen LogP contribution in [0.3, 0.4) is 0 Å². The number of carbonyl (C=O) groups excluding carboxylic acids is 1. The Morgan fingerprint density at radius 1 is 1.11 bits per heavy atom. The minimum atomic E-state index is -0.115. The maximum Gasteiger partial charge on any atom is 0.148 e. The molecular weight excluding hydrogens is 231 g/mol. The highest BCUT2D eigenvalue weighted by Crippen LogP contribution is 2.46. The van der Waals surface area contributed by atoms with Crippen molar-refractivity contribution in [3.63, 3.8) is 0 Å². The molecule has 1 aromatic rings.